The predicted molar refractivity (Wildman–Crippen MR) is 109 cm³/mol. The van der Waals surface area contributed by atoms with E-state index in [0.717, 1.165) is 6.26 Å². The molecule has 1 atom stereocenters. The zero-order valence-electron chi connectivity index (χ0n) is 15.3. The molecule has 0 radical (unpaired) electrons. The van der Waals surface area contributed by atoms with Crippen molar-refractivity contribution in [2.45, 2.75) is 13.0 Å². The molecule has 1 unspecified atom stereocenters. The Hall–Kier alpha value is -2.84. The van der Waals surface area contributed by atoms with E-state index in [1.54, 1.807) is 49.5 Å². The lowest BCUT2D eigenvalue weighted by Gasteiger charge is -2.18. The summed E-state index contributed by atoms with van der Waals surface area (Å²) >= 11 is 6.16. The highest BCUT2D eigenvalue weighted by atomic mass is 35.5. The topological polar surface area (TPSA) is 93.1 Å². The van der Waals surface area contributed by atoms with Crippen LogP contribution in [0, 0.1) is 0 Å². The minimum Gasteiger partial charge on any atom is -0.345 e. The average Bonchev–Trinajstić information content (AvgIpc) is 3.11. The third kappa shape index (κ3) is 4.71. The Bertz CT molecular complexity index is 1110. The first-order valence-corrected chi connectivity index (χ1v) is 10.7. The van der Waals surface area contributed by atoms with Gasteiger partial charge in [0.2, 0.25) is 10.0 Å². The highest BCUT2D eigenvalue weighted by Gasteiger charge is 2.17. The Morgan fingerprint density at radius 3 is 2.54 bits per heavy atom. The molecule has 0 aliphatic heterocycles. The molecule has 1 heterocycles. The van der Waals surface area contributed by atoms with Gasteiger partial charge in [-0.15, -0.1) is 0 Å². The molecule has 1 aromatic heterocycles. The van der Waals surface area contributed by atoms with Crippen LogP contribution in [-0.2, 0) is 10.0 Å². The summed E-state index contributed by atoms with van der Waals surface area (Å²) in [4.78, 5) is 12.6. The molecule has 0 aliphatic rings. The molecule has 2 aromatic carbocycles. The molecule has 0 bridgehead atoms. The zero-order chi connectivity index (χ0) is 20.3. The number of para-hydroxylation sites is 2. The summed E-state index contributed by atoms with van der Waals surface area (Å²) in [5, 5.41) is 7.57. The number of carbonyl (C=O) groups is 1. The van der Waals surface area contributed by atoms with E-state index in [-0.39, 0.29) is 5.91 Å². The summed E-state index contributed by atoms with van der Waals surface area (Å²) in [6.07, 6.45) is 4.12. The Morgan fingerprint density at radius 2 is 1.82 bits per heavy atom. The summed E-state index contributed by atoms with van der Waals surface area (Å²) in [5.41, 5.74) is 2.10. The summed E-state index contributed by atoms with van der Waals surface area (Å²) in [6, 6.07) is 13.7. The van der Waals surface area contributed by atoms with E-state index < -0.39 is 16.1 Å². The van der Waals surface area contributed by atoms with Crippen LogP contribution in [0.2, 0.25) is 5.02 Å². The molecule has 0 aliphatic carbocycles. The smallest absolute Gasteiger partial charge is 0.254 e. The van der Waals surface area contributed by atoms with Crippen LogP contribution >= 0.6 is 11.6 Å². The third-order valence-electron chi connectivity index (χ3n) is 4.01. The lowest BCUT2D eigenvalue weighted by atomic mass is 10.1. The fourth-order valence-electron chi connectivity index (χ4n) is 2.73. The summed E-state index contributed by atoms with van der Waals surface area (Å²) in [7, 11) is -3.43. The van der Waals surface area contributed by atoms with Crippen molar-refractivity contribution in [1.29, 1.82) is 0 Å². The first-order valence-electron chi connectivity index (χ1n) is 8.42. The Labute approximate surface area is 168 Å². The van der Waals surface area contributed by atoms with E-state index in [2.05, 4.69) is 15.1 Å². The number of hydrogen-bond acceptors (Lipinski definition) is 4. The van der Waals surface area contributed by atoms with Crippen molar-refractivity contribution in [3.05, 3.63) is 77.1 Å². The number of nitrogens with zero attached hydrogens (tertiary/aromatic N) is 2. The van der Waals surface area contributed by atoms with Crippen molar-refractivity contribution in [1.82, 2.24) is 15.1 Å². The molecule has 0 fully saturated rings. The standard InChI is InChI=1S/C19H19ClN4O3S/c1-13(15-7-3-5-9-17(15)23-28(2,26)27)22-19(25)14-11-21-24(12-14)18-10-6-4-8-16(18)20/h3-13,23H,1-2H3,(H,22,25). The second kappa shape index (κ2) is 8.04. The summed E-state index contributed by atoms with van der Waals surface area (Å²) < 4.78 is 27.1. The number of sulfonamides is 1. The van der Waals surface area contributed by atoms with Gasteiger partial charge in [-0.1, -0.05) is 41.9 Å². The fraction of sp³-hybridized carbons (Fsp3) is 0.158. The highest BCUT2D eigenvalue weighted by molar-refractivity contribution is 7.92. The van der Waals surface area contributed by atoms with E-state index in [4.69, 9.17) is 11.6 Å². The number of anilines is 1. The van der Waals surface area contributed by atoms with Crippen molar-refractivity contribution in [2.75, 3.05) is 11.0 Å². The lowest BCUT2D eigenvalue weighted by molar-refractivity contribution is 0.0940. The fourth-order valence-corrected chi connectivity index (χ4v) is 3.54. The van der Waals surface area contributed by atoms with Gasteiger partial charge in [0.15, 0.2) is 0 Å². The molecule has 2 N–H and O–H groups in total. The van der Waals surface area contributed by atoms with Gasteiger partial charge in [-0.2, -0.15) is 5.10 Å². The normalized spacial score (nSPS) is 12.4. The number of rotatable bonds is 6. The molecule has 146 valence electrons. The highest BCUT2D eigenvalue weighted by Crippen LogP contribution is 2.24. The van der Waals surface area contributed by atoms with Crippen LogP contribution < -0.4 is 10.0 Å². The van der Waals surface area contributed by atoms with E-state index in [9.17, 15) is 13.2 Å². The van der Waals surface area contributed by atoms with Gasteiger partial charge in [0.25, 0.3) is 5.91 Å². The second-order valence-electron chi connectivity index (χ2n) is 6.28. The number of carbonyl (C=O) groups excluding carboxylic acids is 1. The molecule has 3 rings (SSSR count). The first-order chi connectivity index (χ1) is 13.2. The average molecular weight is 419 g/mol. The van der Waals surface area contributed by atoms with E-state index in [0.29, 0.717) is 27.5 Å². The van der Waals surface area contributed by atoms with Gasteiger partial charge in [-0.25, -0.2) is 13.1 Å². The van der Waals surface area contributed by atoms with Gasteiger partial charge in [0.05, 0.1) is 40.5 Å². The molecule has 0 saturated carbocycles. The maximum absolute atomic E-state index is 12.6. The van der Waals surface area contributed by atoms with Gasteiger partial charge in [-0.05, 0) is 30.7 Å². The zero-order valence-corrected chi connectivity index (χ0v) is 16.8. The van der Waals surface area contributed by atoms with Gasteiger partial charge < -0.3 is 5.32 Å². The van der Waals surface area contributed by atoms with Crippen molar-refractivity contribution in [3.63, 3.8) is 0 Å². The van der Waals surface area contributed by atoms with Crippen LogP contribution in [0.25, 0.3) is 5.69 Å². The van der Waals surface area contributed by atoms with Crippen LogP contribution in [0.4, 0.5) is 5.69 Å². The maximum Gasteiger partial charge on any atom is 0.254 e. The van der Waals surface area contributed by atoms with Crippen LogP contribution in [0.1, 0.15) is 28.9 Å². The molecule has 0 spiro atoms. The van der Waals surface area contributed by atoms with Crippen LogP contribution in [-0.4, -0.2) is 30.4 Å². The third-order valence-corrected chi connectivity index (χ3v) is 4.92. The van der Waals surface area contributed by atoms with Gasteiger partial charge in [-0.3, -0.25) is 9.52 Å². The van der Waals surface area contributed by atoms with Gasteiger partial charge in [0, 0.05) is 6.20 Å². The Morgan fingerprint density at radius 1 is 1.14 bits per heavy atom. The number of nitrogens with one attached hydrogen (secondary N) is 2. The minimum absolute atomic E-state index is 0.333. The van der Waals surface area contributed by atoms with Crippen molar-refractivity contribution in [2.24, 2.45) is 0 Å². The molecule has 0 saturated heterocycles. The van der Waals surface area contributed by atoms with Gasteiger partial charge >= 0.3 is 0 Å². The van der Waals surface area contributed by atoms with Crippen LogP contribution in [0.15, 0.2) is 60.9 Å². The predicted octanol–water partition coefficient (Wildman–Crippen LogP) is 3.39. The number of amides is 1. The Kier molecular flexibility index (Phi) is 5.71. The molecular weight excluding hydrogens is 400 g/mol. The molecular formula is C19H19ClN4O3S. The van der Waals surface area contributed by atoms with Crippen molar-refractivity contribution >= 4 is 33.2 Å². The van der Waals surface area contributed by atoms with Crippen LogP contribution in [0.5, 0.6) is 0 Å². The van der Waals surface area contributed by atoms with Crippen molar-refractivity contribution < 1.29 is 13.2 Å². The number of halogens is 1. The quantitative estimate of drug-likeness (QED) is 0.641. The first kappa shape index (κ1) is 19.9. The maximum atomic E-state index is 12.6. The lowest BCUT2D eigenvalue weighted by Crippen LogP contribution is -2.27. The molecule has 7 nitrogen and oxygen atoms in total. The van der Waals surface area contributed by atoms with E-state index >= 15 is 0 Å². The summed E-state index contributed by atoms with van der Waals surface area (Å²) in [6.45, 7) is 1.78. The second-order valence-corrected chi connectivity index (χ2v) is 8.44. The minimum atomic E-state index is -3.43. The number of hydrogen-bond donors (Lipinski definition) is 2. The molecule has 9 heteroatoms. The number of benzene rings is 2. The monoisotopic (exact) mass is 418 g/mol. The molecule has 3 aromatic rings. The number of aromatic nitrogens is 2. The molecule has 1 amide bonds. The SMILES string of the molecule is CC(NC(=O)c1cnn(-c2ccccc2Cl)c1)c1ccccc1NS(C)(=O)=O. The molecule has 28 heavy (non-hydrogen) atoms. The Balaban J connectivity index is 1.78. The van der Waals surface area contributed by atoms with Gasteiger partial charge in [0.1, 0.15) is 0 Å². The van der Waals surface area contributed by atoms with Crippen LogP contribution in [0.3, 0.4) is 0 Å². The van der Waals surface area contributed by atoms with E-state index in [1.165, 1.54) is 10.9 Å². The van der Waals surface area contributed by atoms with E-state index in [1.807, 2.05) is 12.1 Å². The largest absolute Gasteiger partial charge is 0.345 e. The summed E-state index contributed by atoms with van der Waals surface area (Å²) in [5.74, 6) is -0.333. The van der Waals surface area contributed by atoms with Crippen molar-refractivity contribution in [3.8, 4) is 5.69 Å².